The van der Waals surface area contributed by atoms with Gasteiger partial charge in [0.1, 0.15) is 0 Å². The van der Waals surface area contributed by atoms with Crippen LogP contribution in [0.5, 0.6) is 0 Å². The van der Waals surface area contributed by atoms with Crippen molar-refractivity contribution in [2.24, 2.45) is 5.92 Å². The highest BCUT2D eigenvalue weighted by Gasteiger charge is 2.20. The number of hydrogen-bond donors (Lipinski definition) is 1. The Morgan fingerprint density at radius 2 is 2.32 bits per heavy atom. The molecule has 0 atom stereocenters. The quantitative estimate of drug-likeness (QED) is 0.905. The first kappa shape index (κ1) is 14.2. The van der Waals surface area contributed by atoms with Gasteiger partial charge in [0.15, 0.2) is 5.69 Å². The van der Waals surface area contributed by atoms with E-state index in [1.807, 2.05) is 25.3 Å². The highest BCUT2D eigenvalue weighted by Crippen LogP contribution is 2.22. The van der Waals surface area contributed by atoms with Gasteiger partial charge in [0.05, 0.1) is 16.0 Å². The maximum Gasteiger partial charge on any atom is 0.358 e. The molecule has 0 bridgehead atoms. The van der Waals surface area contributed by atoms with Gasteiger partial charge in [0, 0.05) is 0 Å². The Kier molecular flexibility index (Phi) is 4.36. The van der Waals surface area contributed by atoms with Crippen LogP contribution in [0.4, 0.5) is 0 Å². The van der Waals surface area contributed by atoms with Crippen LogP contribution < -0.4 is 0 Å². The molecule has 0 aromatic carbocycles. The molecular formula is C12H14BrN3O2S. The summed E-state index contributed by atoms with van der Waals surface area (Å²) in [6.07, 6.45) is 0.653. The number of rotatable bonds is 5. The topological polar surface area (TPSA) is 68.0 Å². The number of halogens is 1. The van der Waals surface area contributed by atoms with Gasteiger partial charge in [-0.05, 0) is 45.3 Å². The molecule has 7 heteroatoms. The van der Waals surface area contributed by atoms with E-state index in [-0.39, 0.29) is 5.69 Å². The molecule has 0 aliphatic rings. The molecule has 0 amide bonds. The summed E-state index contributed by atoms with van der Waals surface area (Å²) < 4.78 is 2.73. The van der Waals surface area contributed by atoms with Gasteiger partial charge in [-0.1, -0.05) is 19.1 Å². The number of carboxylic acid groups (broad SMARTS) is 1. The maximum absolute atomic E-state index is 11.2. The Labute approximate surface area is 123 Å². The highest BCUT2D eigenvalue weighted by molar-refractivity contribution is 9.11. The smallest absolute Gasteiger partial charge is 0.358 e. The summed E-state index contributed by atoms with van der Waals surface area (Å²) in [5.74, 6) is -0.669. The summed E-state index contributed by atoms with van der Waals surface area (Å²) in [6, 6.07) is 2.01. The van der Waals surface area contributed by atoms with Crippen LogP contribution >= 0.6 is 27.3 Å². The van der Waals surface area contributed by atoms with Crippen molar-refractivity contribution in [3.63, 3.8) is 0 Å². The van der Waals surface area contributed by atoms with Gasteiger partial charge in [-0.15, -0.1) is 16.4 Å². The number of thiophene rings is 1. The van der Waals surface area contributed by atoms with E-state index in [4.69, 9.17) is 5.11 Å². The van der Waals surface area contributed by atoms with E-state index in [0.29, 0.717) is 24.6 Å². The number of aromatic carboxylic acids is 1. The Morgan fingerprint density at radius 3 is 2.84 bits per heavy atom. The van der Waals surface area contributed by atoms with E-state index in [9.17, 15) is 4.79 Å². The Morgan fingerprint density at radius 1 is 1.58 bits per heavy atom. The van der Waals surface area contributed by atoms with Crippen LogP contribution in [0, 0.1) is 5.92 Å². The van der Waals surface area contributed by atoms with Gasteiger partial charge >= 0.3 is 5.97 Å². The number of nitrogens with zero attached hydrogens (tertiary/aromatic N) is 3. The second kappa shape index (κ2) is 5.83. The standard InChI is InChI=1S/C12H14BrN3O2S/c1-7(2)3-9-11(12(17)18)14-15-16(9)5-8-4-10(13)19-6-8/h4,6-7H,3,5H2,1-2H3,(H,17,18). The molecule has 19 heavy (non-hydrogen) atoms. The fourth-order valence-electron chi connectivity index (χ4n) is 1.82. The van der Waals surface area contributed by atoms with Crippen LogP contribution in [0.15, 0.2) is 15.2 Å². The summed E-state index contributed by atoms with van der Waals surface area (Å²) >= 11 is 5.01. The monoisotopic (exact) mass is 343 g/mol. The number of hydrogen-bond acceptors (Lipinski definition) is 4. The van der Waals surface area contributed by atoms with Gasteiger partial charge < -0.3 is 5.11 Å². The molecule has 2 rings (SSSR count). The van der Waals surface area contributed by atoms with E-state index in [1.54, 1.807) is 16.0 Å². The zero-order chi connectivity index (χ0) is 14.0. The molecule has 5 nitrogen and oxygen atoms in total. The van der Waals surface area contributed by atoms with Gasteiger partial charge in [-0.2, -0.15) is 0 Å². The third-order valence-electron chi connectivity index (χ3n) is 2.60. The van der Waals surface area contributed by atoms with Crippen molar-refractivity contribution in [3.8, 4) is 0 Å². The van der Waals surface area contributed by atoms with Gasteiger partial charge in [0.2, 0.25) is 0 Å². The van der Waals surface area contributed by atoms with Crippen molar-refractivity contribution in [2.45, 2.75) is 26.8 Å². The zero-order valence-electron chi connectivity index (χ0n) is 10.6. The first-order chi connectivity index (χ1) is 8.97. The molecule has 2 aromatic rings. The minimum atomic E-state index is -1.02. The number of carboxylic acids is 1. The summed E-state index contributed by atoms with van der Waals surface area (Å²) in [7, 11) is 0. The first-order valence-corrected chi connectivity index (χ1v) is 7.53. The minimum absolute atomic E-state index is 0.0583. The average Bonchev–Trinajstić information content (AvgIpc) is 2.87. The van der Waals surface area contributed by atoms with E-state index in [2.05, 4.69) is 26.2 Å². The average molecular weight is 344 g/mol. The van der Waals surface area contributed by atoms with Crippen molar-refractivity contribution >= 4 is 33.2 Å². The Hall–Kier alpha value is -1.21. The summed E-state index contributed by atoms with van der Waals surface area (Å²) in [6.45, 7) is 4.64. The van der Waals surface area contributed by atoms with Crippen LogP contribution in [-0.2, 0) is 13.0 Å². The molecule has 0 saturated heterocycles. The third-order valence-corrected chi connectivity index (χ3v) is 4.15. The highest BCUT2D eigenvalue weighted by atomic mass is 79.9. The molecule has 0 radical (unpaired) electrons. The SMILES string of the molecule is CC(C)Cc1c(C(=O)O)nnn1Cc1csc(Br)c1. The molecule has 0 spiro atoms. The molecule has 0 aliphatic carbocycles. The normalized spacial score (nSPS) is 11.2. The van der Waals surface area contributed by atoms with Crippen molar-refractivity contribution in [2.75, 3.05) is 0 Å². The Bertz CT molecular complexity index is 592. The lowest BCUT2D eigenvalue weighted by atomic mass is 10.1. The van der Waals surface area contributed by atoms with Crippen molar-refractivity contribution < 1.29 is 9.90 Å². The van der Waals surface area contributed by atoms with Crippen LogP contribution in [0.3, 0.4) is 0 Å². The molecular weight excluding hydrogens is 330 g/mol. The van der Waals surface area contributed by atoms with Gasteiger partial charge in [-0.25, -0.2) is 9.48 Å². The summed E-state index contributed by atoms with van der Waals surface area (Å²) in [4.78, 5) is 11.2. The molecule has 0 fully saturated rings. The lowest BCUT2D eigenvalue weighted by Crippen LogP contribution is -2.11. The number of carbonyl (C=O) groups is 1. The lowest BCUT2D eigenvalue weighted by molar-refractivity contribution is 0.0689. The fourth-order valence-corrected chi connectivity index (χ4v) is 3.02. The molecule has 2 aromatic heterocycles. The maximum atomic E-state index is 11.2. The summed E-state index contributed by atoms with van der Waals surface area (Å²) in [5.41, 5.74) is 1.83. The predicted octanol–water partition coefficient (Wildman–Crippen LogP) is 3.05. The molecule has 0 unspecified atom stereocenters. The molecule has 0 aliphatic heterocycles. The molecule has 102 valence electrons. The molecule has 1 N–H and O–H groups in total. The lowest BCUT2D eigenvalue weighted by Gasteiger charge is -2.08. The van der Waals surface area contributed by atoms with E-state index >= 15 is 0 Å². The van der Waals surface area contributed by atoms with Crippen molar-refractivity contribution in [3.05, 3.63) is 32.2 Å². The van der Waals surface area contributed by atoms with Crippen molar-refractivity contribution in [1.82, 2.24) is 15.0 Å². The van der Waals surface area contributed by atoms with Crippen molar-refractivity contribution in [1.29, 1.82) is 0 Å². The predicted molar refractivity (Wildman–Crippen MR) is 76.6 cm³/mol. The number of aromatic nitrogens is 3. The van der Waals surface area contributed by atoms with E-state index in [0.717, 1.165) is 9.35 Å². The fraction of sp³-hybridized carbons (Fsp3) is 0.417. The minimum Gasteiger partial charge on any atom is -0.476 e. The van der Waals surface area contributed by atoms with Crippen LogP contribution in [0.2, 0.25) is 0 Å². The summed E-state index contributed by atoms with van der Waals surface area (Å²) in [5, 5.41) is 18.9. The van der Waals surface area contributed by atoms with Crippen LogP contribution in [-0.4, -0.2) is 26.1 Å². The second-order valence-electron chi connectivity index (χ2n) is 4.70. The largest absolute Gasteiger partial charge is 0.476 e. The molecule has 0 saturated carbocycles. The second-order valence-corrected chi connectivity index (χ2v) is 7.00. The first-order valence-electron chi connectivity index (χ1n) is 5.86. The van der Waals surface area contributed by atoms with Crippen LogP contribution in [0.25, 0.3) is 0 Å². The van der Waals surface area contributed by atoms with E-state index in [1.165, 1.54) is 0 Å². The Balaban J connectivity index is 2.31. The molecule has 2 heterocycles. The van der Waals surface area contributed by atoms with E-state index < -0.39 is 5.97 Å². The van der Waals surface area contributed by atoms with Gasteiger partial charge in [0.25, 0.3) is 0 Å². The van der Waals surface area contributed by atoms with Crippen LogP contribution in [0.1, 0.15) is 35.6 Å². The third kappa shape index (κ3) is 3.42. The van der Waals surface area contributed by atoms with Gasteiger partial charge in [-0.3, -0.25) is 0 Å². The zero-order valence-corrected chi connectivity index (χ0v) is 13.0.